The second-order valence-electron chi connectivity index (χ2n) is 6.42. The van der Waals surface area contributed by atoms with Crippen LogP contribution in [0.25, 0.3) is 0 Å². The molecule has 0 aliphatic heterocycles. The Morgan fingerprint density at radius 2 is 1.84 bits per heavy atom. The minimum Gasteiger partial charge on any atom is -0.462 e. The second-order valence-corrected chi connectivity index (χ2v) is 6.42. The lowest BCUT2D eigenvalue weighted by Gasteiger charge is -2.23. The Morgan fingerprint density at radius 1 is 1.26 bits per heavy atom. The van der Waals surface area contributed by atoms with Crippen molar-refractivity contribution in [3.63, 3.8) is 0 Å². The summed E-state index contributed by atoms with van der Waals surface area (Å²) in [6.45, 7) is 9.35. The number of hydrogen-bond donors (Lipinski definition) is 1. The van der Waals surface area contributed by atoms with E-state index in [1.54, 1.807) is 24.3 Å². The summed E-state index contributed by atoms with van der Waals surface area (Å²) in [5.41, 5.74) is 7.09. The Labute approximate surface area is 116 Å². The molecular weight excluding hydrogens is 238 g/mol. The van der Waals surface area contributed by atoms with Crippen molar-refractivity contribution in [3.8, 4) is 0 Å². The van der Waals surface area contributed by atoms with Crippen LogP contribution in [-0.4, -0.2) is 12.6 Å². The van der Waals surface area contributed by atoms with Gasteiger partial charge in [0.2, 0.25) is 0 Å². The zero-order chi connectivity index (χ0) is 14.5. The number of hydrogen-bond acceptors (Lipinski definition) is 3. The van der Waals surface area contributed by atoms with Gasteiger partial charge in [0.15, 0.2) is 0 Å². The zero-order valence-corrected chi connectivity index (χ0v) is 12.4. The molecule has 106 valence electrons. The fourth-order valence-electron chi connectivity index (χ4n) is 2.20. The minimum atomic E-state index is -0.275. The first kappa shape index (κ1) is 15.5. The lowest BCUT2D eigenvalue weighted by atomic mass is 9.84. The van der Waals surface area contributed by atoms with Crippen molar-refractivity contribution < 1.29 is 9.53 Å². The maximum atomic E-state index is 11.8. The van der Waals surface area contributed by atoms with Crippen LogP contribution >= 0.6 is 0 Å². The molecule has 0 saturated heterocycles. The van der Waals surface area contributed by atoms with Crippen molar-refractivity contribution in [2.45, 2.75) is 40.5 Å². The Kier molecular flexibility index (Phi) is 5.40. The average Bonchev–Trinajstić information content (AvgIpc) is 2.27. The molecule has 0 fully saturated rings. The normalized spacial score (nSPS) is 13.1. The van der Waals surface area contributed by atoms with Gasteiger partial charge in [-0.3, -0.25) is 0 Å². The van der Waals surface area contributed by atoms with Gasteiger partial charge >= 0.3 is 5.97 Å². The molecule has 3 heteroatoms. The minimum absolute atomic E-state index is 0.275. The molecule has 0 aliphatic carbocycles. The van der Waals surface area contributed by atoms with Crippen LogP contribution in [0.4, 0.5) is 5.69 Å². The topological polar surface area (TPSA) is 52.3 Å². The van der Waals surface area contributed by atoms with Crippen LogP contribution in [0.15, 0.2) is 24.3 Å². The molecule has 0 spiro atoms. The summed E-state index contributed by atoms with van der Waals surface area (Å²) in [6, 6.07) is 6.80. The zero-order valence-electron chi connectivity index (χ0n) is 12.4. The molecule has 1 aromatic rings. The molecule has 1 atom stereocenters. The summed E-state index contributed by atoms with van der Waals surface area (Å²) in [5, 5.41) is 0. The average molecular weight is 263 g/mol. The first-order valence-corrected chi connectivity index (χ1v) is 6.80. The molecule has 3 nitrogen and oxygen atoms in total. The molecule has 2 N–H and O–H groups in total. The Balaban J connectivity index is 2.33. The highest BCUT2D eigenvalue weighted by Gasteiger charge is 2.15. The summed E-state index contributed by atoms with van der Waals surface area (Å²) in [6.07, 6.45) is 2.03. The van der Waals surface area contributed by atoms with Crippen LogP contribution in [0, 0.1) is 11.3 Å². The summed E-state index contributed by atoms with van der Waals surface area (Å²) < 4.78 is 5.27. The molecule has 0 amide bonds. The van der Waals surface area contributed by atoms with Crippen molar-refractivity contribution >= 4 is 11.7 Å². The maximum absolute atomic E-state index is 11.8. The molecule has 0 radical (unpaired) electrons. The van der Waals surface area contributed by atoms with E-state index in [2.05, 4.69) is 27.7 Å². The Hall–Kier alpha value is -1.51. The van der Waals surface area contributed by atoms with E-state index in [4.69, 9.17) is 10.5 Å². The number of nitrogens with two attached hydrogens (primary N) is 1. The summed E-state index contributed by atoms with van der Waals surface area (Å²) >= 11 is 0. The highest BCUT2D eigenvalue weighted by atomic mass is 16.5. The van der Waals surface area contributed by atoms with Crippen molar-refractivity contribution in [3.05, 3.63) is 29.8 Å². The third-order valence-electron chi connectivity index (χ3n) is 2.95. The first-order valence-electron chi connectivity index (χ1n) is 6.80. The molecule has 1 aromatic carbocycles. The van der Waals surface area contributed by atoms with E-state index in [9.17, 15) is 4.79 Å². The summed E-state index contributed by atoms with van der Waals surface area (Å²) in [4.78, 5) is 11.8. The van der Waals surface area contributed by atoms with Crippen molar-refractivity contribution in [1.82, 2.24) is 0 Å². The van der Waals surface area contributed by atoms with Crippen LogP contribution in [0.1, 0.15) is 50.9 Å². The standard InChI is InChI=1S/C16H25NO2/c1-12(11-16(2,3)4)9-10-19-15(18)13-5-7-14(17)8-6-13/h5-8,12H,9-11,17H2,1-4H3. The molecule has 0 saturated carbocycles. The lowest BCUT2D eigenvalue weighted by Crippen LogP contribution is -2.14. The van der Waals surface area contributed by atoms with Crippen LogP contribution in [-0.2, 0) is 4.74 Å². The number of benzene rings is 1. The predicted octanol–water partition coefficient (Wildman–Crippen LogP) is 3.89. The molecule has 0 bridgehead atoms. The number of esters is 1. The number of rotatable bonds is 5. The lowest BCUT2D eigenvalue weighted by molar-refractivity contribution is 0.0478. The number of ether oxygens (including phenoxy) is 1. The molecule has 0 heterocycles. The van der Waals surface area contributed by atoms with E-state index in [1.165, 1.54) is 0 Å². The fraction of sp³-hybridized carbons (Fsp3) is 0.562. The molecular formula is C16H25NO2. The van der Waals surface area contributed by atoms with Crippen LogP contribution in [0.5, 0.6) is 0 Å². The molecule has 19 heavy (non-hydrogen) atoms. The van der Waals surface area contributed by atoms with E-state index < -0.39 is 0 Å². The van der Waals surface area contributed by atoms with Gasteiger partial charge < -0.3 is 10.5 Å². The Morgan fingerprint density at radius 3 is 2.37 bits per heavy atom. The molecule has 0 aromatic heterocycles. The monoisotopic (exact) mass is 263 g/mol. The smallest absolute Gasteiger partial charge is 0.338 e. The molecule has 1 rings (SSSR count). The predicted molar refractivity (Wildman–Crippen MR) is 79.0 cm³/mol. The van der Waals surface area contributed by atoms with E-state index in [0.717, 1.165) is 12.8 Å². The van der Waals surface area contributed by atoms with Gasteiger partial charge in [0.1, 0.15) is 0 Å². The SMILES string of the molecule is CC(CCOC(=O)c1ccc(N)cc1)CC(C)(C)C. The van der Waals surface area contributed by atoms with Gasteiger partial charge in [0.25, 0.3) is 0 Å². The van der Waals surface area contributed by atoms with E-state index in [-0.39, 0.29) is 5.97 Å². The van der Waals surface area contributed by atoms with Crippen LogP contribution in [0.3, 0.4) is 0 Å². The number of carbonyl (C=O) groups is 1. The third kappa shape index (κ3) is 6.27. The maximum Gasteiger partial charge on any atom is 0.338 e. The van der Waals surface area contributed by atoms with Crippen LogP contribution < -0.4 is 5.73 Å². The largest absolute Gasteiger partial charge is 0.462 e. The number of carbonyl (C=O) groups excluding carboxylic acids is 1. The van der Waals surface area contributed by atoms with E-state index in [0.29, 0.717) is 29.2 Å². The second kappa shape index (κ2) is 6.60. The van der Waals surface area contributed by atoms with Gasteiger partial charge in [-0.25, -0.2) is 4.79 Å². The van der Waals surface area contributed by atoms with Gasteiger partial charge in [0.05, 0.1) is 12.2 Å². The number of nitrogen functional groups attached to an aromatic ring is 1. The Bertz CT molecular complexity index is 404. The van der Waals surface area contributed by atoms with Crippen molar-refractivity contribution in [1.29, 1.82) is 0 Å². The highest BCUT2D eigenvalue weighted by Crippen LogP contribution is 2.25. The van der Waals surface area contributed by atoms with E-state index >= 15 is 0 Å². The van der Waals surface area contributed by atoms with Gasteiger partial charge in [-0.15, -0.1) is 0 Å². The summed E-state index contributed by atoms with van der Waals surface area (Å²) in [5.74, 6) is 0.280. The van der Waals surface area contributed by atoms with Gasteiger partial charge in [-0.05, 0) is 48.4 Å². The first-order chi connectivity index (χ1) is 8.78. The third-order valence-corrected chi connectivity index (χ3v) is 2.95. The number of anilines is 1. The van der Waals surface area contributed by atoms with Gasteiger partial charge in [0, 0.05) is 5.69 Å². The molecule has 1 unspecified atom stereocenters. The van der Waals surface area contributed by atoms with Crippen molar-refractivity contribution in [2.24, 2.45) is 11.3 Å². The quantitative estimate of drug-likeness (QED) is 0.647. The highest BCUT2D eigenvalue weighted by molar-refractivity contribution is 5.89. The summed E-state index contributed by atoms with van der Waals surface area (Å²) in [7, 11) is 0. The van der Waals surface area contributed by atoms with Gasteiger partial charge in [-0.2, -0.15) is 0 Å². The van der Waals surface area contributed by atoms with Crippen LogP contribution in [0.2, 0.25) is 0 Å². The van der Waals surface area contributed by atoms with Gasteiger partial charge in [-0.1, -0.05) is 27.7 Å². The molecule has 0 aliphatic rings. The van der Waals surface area contributed by atoms with Crippen molar-refractivity contribution in [2.75, 3.05) is 12.3 Å². The van der Waals surface area contributed by atoms with E-state index in [1.807, 2.05) is 0 Å². The fourth-order valence-corrected chi connectivity index (χ4v) is 2.20.